The van der Waals surface area contributed by atoms with E-state index in [4.69, 9.17) is 11.1 Å². The van der Waals surface area contributed by atoms with Crippen LogP contribution in [0.15, 0.2) is 33.9 Å². The van der Waals surface area contributed by atoms with Gasteiger partial charge in [0.2, 0.25) is 5.16 Å². The van der Waals surface area contributed by atoms with Crippen LogP contribution in [0.1, 0.15) is 20.3 Å². The monoisotopic (exact) mass is 365 g/mol. The summed E-state index contributed by atoms with van der Waals surface area (Å²) in [5.41, 5.74) is 0.564. The van der Waals surface area contributed by atoms with E-state index in [0.29, 0.717) is 11.0 Å². The van der Waals surface area contributed by atoms with Gasteiger partial charge < -0.3 is 5.84 Å². The van der Waals surface area contributed by atoms with E-state index in [1.54, 1.807) is 0 Å². The Balaban J connectivity index is 2.12. The molecular weight excluding hydrogens is 350 g/mol. The molecule has 1 aromatic heterocycles. The summed E-state index contributed by atoms with van der Waals surface area (Å²) in [6.07, 6.45) is 0.769. The summed E-state index contributed by atoms with van der Waals surface area (Å²) in [6.45, 7) is 3.85. The van der Waals surface area contributed by atoms with E-state index < -0.39 is 0 Å². The second-order valence-electron chi connectivity index (χ2n) is 5.25. The van der Waals surface area contributed by atoms with Crippen molar-refractivity contribution in [2.45, 2.75) is 25.4 Å². The highest BCUT2D eigenvalue weighted by molar-refractivity contribution is 9.10. The molecule has 2 rings (SSSR count). The zero-order chi connectivity index (χ0) is 15.5. The lowest BCUT2D eigenvalue weighted by molar-refractivity contribution is 0.482. The minimum absolute atomic E-state index is 0.336. The Morgan fingerprint density at radius 3 is 2.76 bits per heavy atom. The number of hydrogen-bond donors (Lipinski definition) is 1. The van der Waals surface area contributed by atoms with Gasteiger partial charge in [-0.05, 0) is 32.4 Å². The van der Waals surface area contributed by atoms with Gasteiger partial charge in [0.25, 0.3) is 0 Å². The van der Waals surface area contributed by atoms with Crippen LogP contribution in [-0.4, -0.2) is 20.6 Å². The Bertz CT molecular complexity index is 674. The molecule has 0 atom stereocenters. The van der Waals surface area contributed by atoms with Crippen LogP contribution in [-0.2, 0) is 0 Å². The average molecular weight is 366 g/mol. The fourth-order valence-corrected chi connectivity index (χ4v) is 3.24. The van der Waals surface area contributed by atoms with E-state index in [1.165, 1.54) is 16.4 Å². The smallest absolute Gasteiger partial charge is 0.210 e. The van der Waals surface area contributed by atoms with Crippen LogP contribution in [0.2, 0.25) is 0 Å². The number of thioether (sulfide) groups is 1. The van der Waals surface area contributed by atoms with Gasteiger partial charge >= 0.3 is 0 Å². The molecule has 0 saturated carbocycles. The fraction of sp³-hybridized carbons (Fsp3) is 0.357. The molecule has 5 nitrogen and oxygen atoms in total. The molecule has 0 spiro atoms. The first-order valence-corrected chi connectivity index (χ1v) is 8.22. The fourth-order valence-electron chi connectivity index (χ4n) is 1.66. The second kappa shape index (κ2) is 6.50. The summed E-state index contributed by atoms with van der Waals surface area (Å²) in [5, 5.41) is 17.9. The zero-order valence-corrected chi connectivity index (χ0v) is 14.3. The van der Waals surface area contributed by atoms with Crippen molar-refractivity contribution in [1.29, 1.82) is 5.26 Å². The molecule has 1 aromatic carbocycles. The maximum Gasteiger partial charge on any atom is 0.210 e. The lowest BCUT2D eigenvalue weighted by Gasteiger charge is -2.13. The minimum Gasteiger partial charge on any atom is -0.335 e. The van der Waals surface area contributed by atoms with Crippen molar-refractivity contribution in [1.82, 2.24) is 14.9 Å². The van der Waals surface area contributed by atoms with Crippen LogP contribution in [0.5, 0.6) is 0 Å². The number of hydrogen-bond acceptors (Lipinski definition) is 5. The average Bonchev–Trinajstić information content (AvgIpc) is 2.81. The van der Waals surface area contributed by atoms with Gasteiger partial charge in [0.1, 0.15) is 0 Å². The Morgan fingerprint density at radius 2 is 2.10 bits per heavy atom. The molecule has 0 saturated heterocycles. The van der Waals surface area contributed by atoms with Gasteiger partial charge in [-0.1, -0.05) is 39.8 Å². The second-order valence-corrected chi connectivity index (χ2v) is 7.17. The Hall–Kier alpha value is -1.52. The molecule has 0 aliphatic rings. The molecule has 0 aliphatic heterocycles. The first kappa shape index (κ1) is 15.9. The van der Waals surface area contributed by atoms with Gasteiger partial charge in [0.05, 0.1) is 11.5 Å². The van der Waals surface area contributed by atoms with Crippen molar-refractivity contribution >= 4 is 27.7 Å². The van der Waals surface area contributed by atoms with Gasteiger partial charge in [0.15, 0.2) is 5.82 Å². The quantitative estimate of drug-likeness (QED) is 0.648. The summed E-state index contributed by atoms with van der Waals surface area (Å²) in [7, 11) is 0. The molecule has 0 amide bonds. The standard InChI is InChI=1S/C14H16BrN5S/c1-14(2,9-16)7-8-21-13-19-18-12(20(13)17)10-5-3-4-6-11(10)15/h3-6H,7-8,17H2,1-2H3. The third-order valence-electron chi connectivity index (χ3n) is 3.04. The Labute approximate surface area is 136 Å². The van der Waals surface area contributed by atoms with Crippen molar-refractivity contribution in [2.24, 2.45) is 5.41 Å². The first-order valence-electron chi connectivity index (χ1n) is 6.44. The van der Waals surface area contributed by atoms with Crippen molar-refractivity contribution in [2.75, 3.05) is 11.6 Å². The van der Waals surface area contributed by atoms with Crippen LogP contribution in [0.25, 0.3) is 11.4 Å². The predicted octanol–water partition coefficient (Wildman–Crippen LogP) is 3.45. The van der Waals surface area contributed by atoms with E-state index in [9.17, 15) is 0 Å². The molecule has 0 radical (unpaired) electrons. The lowest BCUT2D eigenvalue weighted by Crippen LogP contribution is -2.13. The third-order valence-corrected chi connectivity index (χ3v) is 4.68. The Morgan fingerprint density at radius 1 is 1.38 bits per heavy atom. The molecule has 0 bridgehead atoms. The number of benzene rings is 1. The van der Waals surface area contributed by atoms with E-state index >= 15 is 0 Å². The highest BCUT2D eigenvalue weighted by atomic mass is 79.9. The first-order chi connectivity index (χ1) is 9.94. The highest BCUT2D eigenvalue weighted by Crippen LogP contribution is 2.29. The summed E-state index contributed by atoms with van der Waals surface area (Å²) < 4.78 is 2.41. The van der Waals surface area contributed by atoms with Crippen LogP contribution in [0.3, 0.4) is 0 Å². The van der Waals surface area contributed by atoms with Crippen LogP contribution >= 0.6 is 27.7 Å². The Kier molecular flexibility index (Phi) is 4.91. The number of nitriles is 1. The topological polar surface area (TPSA) is 80.5 Å². The molecule has 0 fully saturated rings. The van der Waals surface area contributed by atoms with Gasteiger partial charge in [-0.15, -0.1) is 10.2 Å². The molecule has 21 heavy (non-hydrogen) atoms. The largest absolute Gasteiger partial charge is 0.335 e. The molecule has 0 aliphatic carbocycles. The van der Waals surface area contributed by atoms with Crippen LogP contribution in [0, 0.1) is 16.7 Å². The summed E-state index contributed by atoms with van der Waals surface area (Å²) in [6, 6.07) is 10.0. The van der Waals surface area contributed by atoms with Gasteiger partial charge in [0, 0.05) is 15.8 Å². The highest BCUT2D eigenvalue weighted by Gasteiger charge is 2.18. The summed E-state index contributed by atoms with van der Waals surface area (Å²) in [4.78, 5) is 0. The SMILES string of the molecule is CC(C)(C#N)CCSc1nnc(-c2ccccc2Br)n1N. The molecule has 2 aromatic rings. The van der Waals surface area contributed by atoms with Gasteiger partial charge in [-0.2, -0.15) is 5.26 Å². The van der Waals surface area contributed by atoms with Crippen molar-refractivity contribution in [3.8, 4) is 17.5 Å². The molecule has 110 valence electrons. The number of nitrogens with two attached hydrogens (primary N) is 1. The van der Waals surface area contributed by atoms with Crippen molar-refractivity contribution in [3.63, 3.8) is 0 Å². The zero-order valence-electron chi connectivity index (χ0n) is 11.9. The van der Waals surface area contributed by atoms with Crippen LogP contribution < -0.4 is 5.84 Å². The lowest BCUT2D eigenvalue weighted by atomic mass is 9.93. The van der Waals surface area contributed by atoms with E-state index in [2.05, 4.69) is 32.2 Å². The van der Waals surface area contributed by atoms with E-state index in [-0.39, 0.29) is 5.41 Å². The maximum atomic E-state index is 9.01. The van der Waals surface area contributed by atoms with Crippen LogP contribution in [0.4, 0.5) is 0 Å². The molecule has 2 N–H and O–H groups in total. The minimum atomic E-state index is -0.336. The number of rotatable bonds is 5. The third kappa shape index (κ3) is 3.77. The number of nitrogen functional groups attached to an aromatic ring is 1. The molecule has 1 heterocycles. The van der Waals surface area contributed by atoms with Crippen molar-refractivity contribution < 1.29 is 0 Å². The molecule has 7 heteroatoms. The molecule has 0 unspecified atom stereocenters. The molecular formula is C14H16BrN5S. The van der Waals surface area contributed by atoms with Gasteiger partial charge in [-0.25, -0.2) is 4.68 Å². The number of halogens is 1. The normalized spacial score (nSPS) is 11.3. The number of aromatic nitrogens is 3. The van der Waals surface area contributed by atoms with E-state index in [1.807, 2.05) is 38.1 Å². The van der Waals surface area contributed by atoms with E-state index in [0.717, 1.165) is 22.2 Å². The van der Waals surface area contributed by atoms with Gasteiger partial charge in [-0.3, -0.25) is 0 Å². The predicted molar refractivity (Wildman–Crippen MR) is 88.0 cm³/mol. The maximum absolute atomic E-state index is 9.01. The van der Waals surface area contributed by atoms with Crippen molar-refractivity contribution in [3.05, 3.63) is 28.7 Å². The summed E-state index contributed by atoms with van der Waals surface area (Å²) in [5.74, 6) is 7.46. The summed E-state index contributed by atoms with van der Waals surface area (Å²) >= 11 is 4.99. The number of nitrogens with zero attached hydrogens (tertiary/aromatic N) is 4.